The van der Waals surface area contributed by atoms with E-state index in [1.165, 1.54) is 0 Å². The van der Waals surface area contributed by atoms with Gasteiger partial charge in [0.1, 0.15) is 5.75 Å². The Morgan fingerprint density at radius 1 is 1.07 bits per heavy atom. The summed E-state index contributed by atoms with van der Waals surface area (Å²) in [5, 5.41) is 26.1. The number of nitrogens with zero attached hydrogens (tertiary/aromatic N) is 4. The van der Waals surface area contributed by atoms with Crippen LogP contribution in [0.25, 0.3) is 0 Å². The summed E-state index contributed by atoms with van der Waals surface area (Å²) in [5.41, 5.74) is 0.541. The summed E-state index contributed by atoms with van der Waals surface area (Å²) in [5.74, 6) is 4.86. The molecule has 0 amide bonds. The zero-order valence-electron chi connectivity index (χ0n) is 15.1. The number of aromatic hydroxyl groups is 1. The zero-order chi connectivity index (χ0) is 20.9. The molecule has 0 aliphatic rings. The van der Waals surface area contributed by atoms with E-state index in [1.54, 1.807) is 35.3 Å². The maximum atomic E-state index is 13.2. The minimum absolute atomic E-state index is 0.228. The van der Waals surface area contributed by atoms with E-state index >= 15 is 0 Å². The summed E-state index contributed by atoms with van der Waals surface area (Å²) in [6.07, 6.45) is -0.0614. The molecule has 3 rings (SSSR count). The molecule has 0 aliphatic heterocycles. The molecule has 0 atom stereocenters. The Balaban J connectivity index is 1.89. The van der Waals surface area contributed by atoms with E-state index in [-0.39, 0.29) is 5.56 Å². The molecular weight excluding hydrogens is 381 g/mol. The molecule has 1 heterocycles. The molecule has 8 heteroatoms. The van der Waals surface area contributed by atoms with Crippen LogP contribution < -0.4 is 0 Å². The number of phenols is 1. The third-order valence-electron chi connectivity index (χ3n) is 4.18. The predicted molar refractivity (Wildman–Crippen MR) is 98.6 cm³/mol. The van der Waals surface area contributed by atoms with E-state index in [4.69, 9.17) is 5.26 Å². The Labute approximate surface area is 165 Å². The van der Waals surface area contributed by atoms with Crippen LogP contribution in [0.5, 0.6) is 5.75 Å². The van der Waals surface area contributed by atoms with Gasteiger partial charge in [-0.2, -0.15) is 18.4 Å². The van der Waals surface area contributed by atoms with Gasteiger partial charge in [-0.25, -0.2) is 0 Å². The van der Waals surface area contributed by atoms with Crippen molar-refractivity contribution in [1.82, 2.24) is 15.0 Å². The Bertz CT molecular complexity index is 1100. The van der Waals surface area contributed by atoms with Crippen molar-refractivity contribution in [3.8, 4) is 23.7 Å². The molecule has 0 unspecified atom stereocenters. The number of hydrogen-bond donors (Lipinski definition) is 1. The minimum Gasteiger partial charge on any atom is -0.508 e. The van der Waals surface area contributed by atoms with Gasteiger partial charge in [-0.3, -0.25) is 4.68 Å². The van der Waals surface area contributed by atoms with Gasteiger partial charge >= 0.3 is 6.18 Å². The number of benzene rings is 2. The fourth-order valence-electron chi connectivity index (χ4n) is 2.79. The van der Waals surface area contributed by atoms with Gasteiger partial charge in [-0.1, -0.05) is 17.1 Å². The number of hydrogen-bond acceptors (Lipinski definition) is 4. The Hall–Kier alpha value is -3.78. The lowest BCUT2D eigenvalue weighted by Gasteiger charge is -2.09. The number of phenolic OH excluding ortho intramolecular Hbond substituents is 1. The van der Waals surface area contributed by atoms with Gasteiger partial charge < -0.3 is 5.11 Å². The normalized spacial score (nSPS) is 10.8. The van der Waals surface area contributed by atoms with Crippen molar-refractivity contribution in [2.24, 2.45) is 0 Å². The number of alkyl halides is 3. The van der Waals surface area contributed by atoms with Crippen molar-refractivity contribution in [1.29, 1.82) is 5.26 Å². The molecule has 0 aliphatic carbocycles. The number of halogens is 3. The van der Waals surface area contributed by atoms with Crippen molar-refractivity contribution in [2.75, 3.05) is 0 Å². The maximum absolute atomic E-state index is 13.2. The molecule has 1 aromatic heterocycles. The molecule has 0 bridgehead atoms. The molecule has 2 aromatic carbocycles. The van der Waals surface area contributed by atoms with Crippen LogP contribution in [0, 0.1) is 23.2 Å². The van der Waals surface area contributed by atoms with E-state index in [0.29, 0.717) is 36.6 Å². The van der Waals surface area contributed by atoms with Gasteiger partial charge in [-0.15, -0.1) is 5.10 Å². The predicted octanol–water partition coefficient (Wildman–Crippen LogP) is 3.91. The average Bonchev–Trinajstić information content (AvgIpc) is 3.20. The Kier molecular flexibility index (Phi) is 5.85. The van der Waals surface area contributed by atoms with Crippen LogP contribution in [0.4, 0.5) is 13.2 Å². The molecule has 0 spiro atoms. The van der Waals surface area contributed by atoms with Crippen LogP contribution >= 0.6 is 0 Å². The summed E-state index contributed by atoms with van der Waals surface area (Å²) in [4.78, 5) is 0. The first-order valence-electron chi connectivity index (χ1n) is 8.66. The molecule has 29 heavy (non-hydrogen) atoms. The van der Waals surface area contributed by atoms with Crippen molar-refractivity contribution < 1.29 is 18.3 Å². The Morgan fingerprint density at radius 3 is 2.52 bits per heavy atom. The third kappa shape index (κ3) is 5.14. The highest BCUT2D eigenvalue weighted by atomic mass is 19.4. The number of aromatic nitrogens is 3. The molecular formula is C21H15F3N4O. The highest BCUT2D eigenvalue weighted by Gasteiger charge is 2.33. The van der Waals surface area contributed by atoms with E-state index in [0.717, 1.165) is 17.7 Å². The summed E-state index contributed by atoms with van der Waals surface area (Å²) in [6.45, 7) is 0.611. The summed E-state index contributed by atoms with van der Waals surface area (Å²) >= 11 is 0. The quantitative estimate of drug-likeness (QED) is 0.679. The minimum atomic E-state index is -4.63. The van der Waals surface area contributed by atoms with Crippen LogP contribution in [0.2, 0.25) is 0 Å². The zero-order valence-corrected chi connectivity index (χ0v) is 15.1. The first-order chi connectivity index (χ1) is 13.9. The number of rotatable bonds is 4. The first kappa shape index (κ1) is 20.0. The number of nitriles is 1. The molecule has 0 saturated heterocycles. The maximum Gasteiger partial charge on any atom is 0.417 e. The molecule has 3 aromatic rings. The van der Waals surface area contributed by atoms with Gasteiger partial charge in [0.15, 0.2) is 0 Å². The molecule has 1 N–H and O–H groups in total. The van der Waals surface area contributed by atoms with E-state index in [9.17, 15) is 18.3 Å². The fraction of sp³-hybridized carbons (Fsp3) is 0.190. The lowest BCUT2D eigenvalue weighted by atomic mass is 9.99. The van der Waals surface area contributed by atoms with Gasteiger partial charge in [-0.05, 0) is 54.8 Å². The first-order valence-corrected chi connectivity index (χ1v) is 8.66. The Morgan fingerprint density at radius 2 is 1.83 bits per heavy atom. The third-order valence-corrected chi connectivity index (χ3v) is 4.18. The van der Waals surface area contributed by atoms with Crippen molar-refractivity contribution in [3.63, 3.8) is 0 Å². The highest BCUT2D eigenvalue weighted by Crippen LogP contribution is 2.33. The molecule has 146 valence electrons. The summed E-state index contributed by atoms with van der Waals surface area (Å²) in [7, 11) is 0. The summed E-state index contributed by atoms with van der Waals surface area (Å²) in [6, 6.07) is 9.90. The lowest BCUT2D eigenvalue weighted by molar-refractivity contribution is -0.137. The molecule has 0 fully saturated rings. The van der Waals surface area contributed by atoms with Crippen LogP contribution in [0.1, 0.15) is 34.2 Å². The van der Waals surface area contributed by atoms with Crippen molar-refractivity contribution in [2.45, 2.75) is 25.6 Å². The van der Waals surface area contributed by atoms with Crippen LogP contribution in [0.15, 0.2) is 48.8 Å². The average molecular weight is 396 g/mol. The second-order valence-corrected chi connectivity index (χ2v) is 6.23. The van der Waals surface area contributed by atoms with E-state index in [2.05, 4.69) is 28.2 Å². The van der Waals surface area contributed by atoms with Gasteiger partial charge in [0.05, 0.1) is 23.4 Å². The fourth-order valence-corrected chi connectivity index (χ4v) is 2.79. The van der Waals surface area contributed by atoms with E-state index in [1.807, 2.05) is 0 Å². The highest BCUT2D eigenvalue weighted by molar-refractivity contribution is 5.53. The van der Waals surface area contributed by atoms with Gasteiger partial charge in [0, 0.05) is 23.9 Å². The summed E-state index contributed by atoms with van der Waals surface area (Å²) < 4.78 is 41.3. The smallest absolute Gasteiger partial charge is 0.417 e. The topological polar surface area (TPSA) is 74.7 Å². The second kappa shape index (κ2) is 8.49. The lowest BCUT2D eigenvalue weighted by Crippen LogP contribution is -2.07. The largest absolute Gasteiger partial charge is 0.508 e. The van der Waals surface area contributed by atoms with Crippen molar-refractivity contribution >= 4 is 0 Å². The van der Waals surface area contributed by atoms with Gasteiger partial charge in [0.25, 0.3) is 0 Å². The SMILES string of the molecule is N#Cc1ccc(C#Cc2ccc(O)cc2C(F)(F)F)c(CCCn2ccnn2)c1. The van der Waals surface area contributed by atoms with Crippen molar-refractivity contribution in [3.05, 3.63) is 76.6 Å². The van der Waals surface area contributed by atoms with Gasteiger partial charge in [0.2, 0.25) is 0 Å². The van der Waals surface area contributed by atoms with Crippen LogP contribution in [0.3, 0.4) is 0 Å². The molecule has 5 nitrogen and oxygen atoms in total. The second-order valence-electron chi connectivity index (χ2n) is 6.23. The monoisotopic (exact) mass is 396 g/mol. The van der Waals surface area contributed by atoms with E-state index < -0.39 is 17.5 Å². The van der Waals surface area contributed by atoms with Crippen LogP contribution in [-0.4, -0.2) is 20.1 Å². The molecule has 0 radical (unpaired) electrons. The van der Waals surface area contributed by atoms with Crippen LogP contribution in [-0.2, 0) is 19.1 Å². The standard InChI is InChI=1S/C21H15F3N4O/c22-21(23,24)20-13-19(29)8-7-17(20)6-5-16-4-3-15(14-25)12-18(16)2-1-10-28-11-9-26-27-28/h3-4,7-9,11-13,29H,1-2,10H2. The molecule has 0 saturated carbocycles. The number of aryl methyl sites for hydroxylation is 2.